The van der Waals surface area contributed by atoms with Gasteiger partial charge in [0.05, 0.1) is 10.8 Å². The van der Waals surface area contributed by atoms with Crippen molar-refractivity contribution < 1.29 is 9.13 Å². The summed E-state index contributed by atoms with van der Waals surface area (Å²) in [6.45, 7) is 0. The van der Waals surface area contributed by atoms with E-state index >= 15 is 0 Å². The van der Waals surface area contributed by atoms with Gasteiger partial charge in [-0.05, 0) is 12.1 Å². The van der Waals surface area contributed by atoms with E-state index in [1.807, 2.05) is 0 Å². The first-order valence-electron chi connectivity index (χ1n) is 5.43. The van der Waals surface area contributed by atoms with Gasteiger partial charge in [0.1, 0.15) is 14.1 Å². The zero-order valence-corrected chi connectivity index (χ0v) is 9.51. The molecule has 0 amide bonds. The predicted molar refractivity (Wildman–Crippen MR) is 63.8 cm³/mol. The van der Waals surface area contributed by atoms with Crippen LogP contribution in [-0.4, -0.2) is 0 Å². The molecule has 1 aromatic carbocycles. The van der Waals surface area contributed by atoms with Crippen LogP contribution in [0.25, 0.3) is 21.8 Å². The van der Waals surface area contributed by atoms with Crippen molar-refractivity contribution in [3.63, 3.8) is 0 Å². The lowest BCUT2D eigenvalue weighted by atomic mass is 10.1. The number of pyridine rings is 2. The molecule has 0 fully saturated rings. The molecule has 0 radical (unpaired) electrons. The van der Waals surface area contributed by atoms with E-state index in [0.717, 1.165) is 0 Å². The molecule has 0 unspecified atom stereocenters. The fourth-order valence-corrected chi connectivity index (χ4v) is 2.28. The van der Waals surface area contributed by atoms with Gasteiger partial charge >= 0.3 is 0 Å². The second kappa shape index (κ2) is 3.27. The summed E-state index contributed by atoms with van der Waals surface area (Å²) in [6, 6.07) is 12.9. The van der Waals surface area contributed by atoms with Crippen LogP contribution in [0.2, 0.25) is 0 Å². The van der Waals surface area contributed by atoms with Crippen LogP contribution in [0.5, 0.6) is 0 Å². The van der Waals surface area contributed by atoms with Crippen molar-refractivity contribution in [2.45, 2.75) is 0 Å². The van der Waals surface area contributed by atoms with Gasteiger partial charge in [-0.15, -0.1) is 0 Å². The minimum atomic E-state index is 1.27. The molecule has 3 aromatic rings. The lowest BCUT2D eigenvalue weighted by Crippen LogP contribution is -2.30. The first-order chi connectivity index (χ1) is 7.77. The Morgan fingerprint density at radius 3 is 1.56 bits per heavy atom. The maximum atomic E-state index is 2.18. The molecule has 0 aliphatic carbocycles. The first-order valence-corrected chi connectivity index (χ1v) is 5.43. The Hall–Kier alpha value is -1.96. The average Bonchev–Trinajstić information content (AvgIpc) is 2.30. The molecule has 3 rings (SSSR count). The van der Waals surface area contributed by atoms with Crippen molar-refractivity contribution in [2.75, 3.05) is 0 Å². The van der Waals surface area contributed by atoms with Crippen LogP contribution in [0.3, 0.4) is 0 Å². The van der Waals surface area contributed by atoms with E-state index in [9.17, 15) is 0 Å². The second-order valence-electron chi connectivity index (χ2n) is 4.17. The molecule has 2 heterocycles. The minimum Gasteiger partial charge on any atom is -0.201 e. The number of fused-ring (bicyclic) bond motifs is 3. The smallest absolute Gasteiger partial charge is 0.201 e. The number of hydrogen-bond acceptors (Lipinski definition) is 0. The zero-order valence-electron chi connectivity index (χ0n) is 9.51. The highest BCUT2D eigenvalue weighted by Gasteiger charge is 2.11. The lowest BCUT2D eigenvalue weighted by Gasteiger charge is -2.00. The third-order valence-corrected chi connectivity index (χ3v) is 3.15. The number of hydrogen-bond donors (Lipinski definition) is 0. The Bertz CT molecular complexity index is 626. The molecule has 0 aliphatic heterocycles. The molecule has 2 heteroatoms. The molecule has 78 valence electrons. The average molecular weight is 210 g/mol. The molecule has 0 N–H and O–H groups in total. The molecule has 2 nitrogen and oxygen atoms in total. The van der Waals surface area contributed by atoms with Crippen molar-refractivity contribution in [3.05, 3.63) is 48.8 Å². The third-order valence-electron chi connectivity index (χ3n) is 3.15. The molecular formula is C14H14N2+2. The van der Waals surface area contributed by atoms with Crippen molar-refractivity contribution in [2.24, 2.45) is 14.1 Å². The molecule has 0 spiro atoms. The van der Waals surface area contributed by atoms with E-state index in [-0.39, 0.29) is 0 Å². The number of aromatic nitrogens is 2. The van der Waals surface area contributed by atoms with Crippen LogP contribution in [0, 0.1) is 0 Å². The van der Waals surface area contributed by atoms with Crippen LogP contribution in [0.15, 0.2) is 48.8 Å². The Kier molecular flexibility index (Phi) is 1.90. The Labute approximate surface area is 94.4 Å². The van der Waals surface area contributed by atoms with Crippen LogP contribution in [0.4, 0.5) is 0 Å². The van der Waals surface area contributed by atoms with E-state index in [4.69, 9.17) is 0 Å². The van der Waals surface area contributed by atoms with Gasteiger partial charge in [-0.3, -0.25) is 0 Å². The molecular weight excluding hydrogens is 196 g/mol. The van der Waals surface area contributed by atoms with Gasteiger partial charge in [0.25, 0.3) is 0 Å². The highest BCUT2D eigenvalue weighted by atomic mass is 14.9. The maximum Gasteiger partial charge on any atom is 0.213 e. The van der Waals surface area contributed by atoms with Crippen LogP contribution in [0.1, 0.15) is 0 Å². The highest BCUT2D eigenvalue weighted by Crippen LogP contribution is 2.19. The number of rotatable bonds is 0. The van der Waals surface area contributed by atoms with Crippen molar-refractivity contribution in [1.29, 1.82) is 0 Å². The SMILES string of the molecule is C[n+]1cccc2c3ccc[n+](C)c3ccc21. The monoisotopic (exact) mass is 210 g/mol. The van der Waals surface area contributed by atoms with Crippen molar-refractivity contribution in [3.8, 4) is 0 Å². The Morgan fingerprint density at radius 2 is 1.12 bits per heavy atom. The topological polar surface area (TPSA) is 7.76 Å². The molecule has 16 heavy (non-hydrogen) atoms. The summed E-state index contributed by atoms with van der Waals surface area (Å²) in [5.41, 5.74) is 2.53. The standard InChI is InChI=1S/C14H14N2/c1-15-9-3-5-11-12-6-4-10-16(2)14(12)8-7-13(11)15/h3-10H,1-2H3/q+2. The summed E-state index contributed by atoms with van der Waals surface area (Å²) in [7, 11) is 4.16. The minimum absolute atomic E-state index is 1.27. The molecule has 0 saturated carbocycles. The zero-order chi connectivity index (χ0) is 11.1. The van der Waals surface area contributed by atoms with Crippen LogP contribution < -0.4 is 9.13 Å². The van der Waals surface area contributed by atoms with E-state index in [0.29, 0.717) is 0 Å². The van der Waals surface area contributed by atoms with Crippen molar-refractivity contribution in [1.82, 2.24) is 0 Å². The van der Waals surface area contributed by atoms with Crippen molar-refractivity contribution >= 4 is 21.8 Å². The second-order valence-corrected chi connectivity index (χ2v) is 4.17. The fraction of sp³-hybridized carbons (Fsp3) is 0.143. The van der Waals surface area contributed by atoms with E-state index in [1.54, 1.807) is 0 Å². The summed E-state index contributed by atoms with van der Waals surface area (Å²) < 4.78 is 4.31. The number of nitrogens with zero attached hydrogens (tertiary/aromatic N) is 2. The molecule has 0 aliphatic rings. The quantitative estimate of drug-likeness (QED) is 0.394. The fourth-order valence-electron chi connectivity index (χ4n) is 2.28. The van der Waals surface area contributed by atoms with Gasteiger partial charge in [0, 0.05) is 24.3 Å². The van der Waals surface area contributed by atoms with Gasteiger partial charge < -0.3 is 0 Å². The first kappa shape index (κ1) is 9.28. The Balaban J connectivity index is 2.60. The van der Waals surface area contributed by atoms with Gasteiger partial charge in [0.2, 0.25) is 11.0 Å². The molecule has 0 saturated heterocycles. The normalized spacial score (nSPS) is 11.1. The maximum absolute atomic E-state index is 2.18. The molecule has 2 aromatic heterocycles. The van der Waals surface area contributed by atoms with Gasteiger partial charge in [-0.25, -0.2) is 9.13 Å². The largest absolute Gasteiger partial charge is 0.213 e. The number of benzene rings is 1. The predicted octanol–water partition coefficient (Wildman–Crippen LogP) is 1.64. The summed E-state index contributed by atoms with van der Waals surface area (Å²) >= 11 is 0. The molecule has 0 bridgehead atoms. The van der Waals surface area contributed by atoms with Crippen LogP contribution >= 0.6 is 0 Å². The Morgan fingerprint density at radius 1 is 0.688 bits per heavy atom. The third kappa shape index (κ3) is 1.20. The van der Waals surface area contributed by atoms with E-state index in [2.05, 4.69) is 72.0 Å². The highest BCUT2D eigenvalue weighted by molar-refractivity contribution is 6.02. The summed E-state index contributed by atoms with van der Waals surface area (Å²) in [5, 5.41) is 2.61. The van der Waals surface area contributed by atoms with Crippen LogP contribution in [-0.2, 0) is 14.1 Å². The van der Waals surface area contributed by atoms with Gasteiger partial charge in [-0.2, -0.15) is 0 Å². The summed E-state index contributed by atoms with van der Waals surface area (Å²) in [4.78, 5) is 0. The summed E-state index contributed by atoms with van der Waals surface area (Å²) in [5.74, 6) is 0. The summed E-state index contributed by atoms with van der Waals surface area (Å²) in [6.07, 6.45) is 4.16. The van der Waals surface area contributed by atoms with E-state index in [1.165, 1.54) is 21.8 Å². The van der Waals surface area contributed by atoms with Gasteiger partial charge in [0.15, 0.2) is 12.4 Å². The molecule has 0 atom stereocenters. The number of aryl methyl sites for hydroxylation is 2. The van der Waals surface area contributed by atoms with Gasteiger partial charge in [-0.1, -0.05) is 0 Å². The lowest BCUT2D eigenvalue weighted by molar-refractivity contribution is -0.646. The van der Waals surface area contributed by atoms with E-state index < -0.39 is 0 Å².